The van der Waals surface area contributed by atoms with Crippen LogP contribution in [0.3, 0.4) is 0 Å². The molecule has 0 bridgehead atoms. The second-order valence-electron chi connectivity index (χ2n) is 5.25. The maximum atomic E-state index is 12.1. The van der Waals surface area contributed by atoms with Crippen LogP contribution in [-0.4, -0.2) is 30.8 Å². The summed E-state index contributed by atoms with van der Waals surface area (Å²) in [7, 11) is -3.68. The van der Waals surface area contributed by atoms with Crippen LogP contribution in [0.25, 0.3) is 11.0 Å². The summed E-state index contributed by atoms with van der Waals surface area (Å²) in [5.74, 6) is -0.0235. The number of fused-ring (bicyclic) bond motifs is 1. The molecular weight excluding hydrogens is 364 g/mol. The van der Waals surface area contributed by atoms with Gasteiger partial charge in [0.1, 0.15) is 0 Å². The molecule has 0 saturated heterocycles. The van der Waals surface area contributed by atoms with Gasteiger partial charge >= 0.3 is 0 Å². The fraction of sp³-hybridized carbons (Fsp3) is 0.125. The maximum absolute atomic E-state index is 12.1. The van der Waals surface area contributed by atoms with Crippen molar-refractivity contribution in [2.75, 3.05) is 11.9 Å². The first-order valence-corrected chi connectivity index (χ1v) is 9.30. The first-order chi connectivity index (χ1) is 11.9. The molecule has 1 heterocycles. The van der Waals surface area contributed by atoms with Crippen LogP contribution in [0.4, 0.5) is 5.95 Å². The predicted molar refractivity (Wildman–Crippen MR) is 96.0 cm³/mol. The number of aromatic amines is 1. The number of anilines is 1. The van der Waals surface area contributed by atoms with Gasteiger partial charge in [-0.2, -0.15) is 0 Å². The summed E-state index contributed by atoms with van der Waals surface area (Å²) < 4.78 is 26.6. The first-order valence-electron chi connectivity index (χ1n) is 7.44. The van der Waals surface area contributed by atoms with Gasteiger partial charge in [-0.1, -0.05) is 23.7 Å². The van der Waals surface area contributed by atoms with E-state index >= 15 is 0 Å². The van der Waals surface area contributed by atoms with Gasteiger partial charge in [0.15, 0.2) is 0 Å². The first kappa shape index (κ1) is 17.4. The van der Waals surface area contributed by atoms with Crippen LogP contribution in [0.1, 0.15) is 6.42 Å². The summed E-state index contributed by atoms with van der Waals surface area (Å²) in [6.07, 6.45) is -0.0239. The Morgan fingerprint density at radius 3 is 2.56 bits per heavy atom. The summed E-state index contributed by atoms with van der Waals surface area (Å²) >= 11 is 5.74. The van der Waals surface area contributed by atoms with Crippen molar-refractivity contribution in [2.24, 2.45) is 0 Å². The molecule has 0 atom stereocenters. The van der Waals surface area contributed by atoms with Crippen molar-refractivity contribution in [2.45, 2.75) is 11.3 Å². The van der Waals surface area contributed by atoms with E-state index in [0.29, 0.717) is 11.0 Å². The Labute approximate surface area is 149 Å². The minimum atomic E-state index is -3.68. The van der Waals surface area contributed by atoms with Crippen LogP contribution in [0.2, 0.25) is 5.02 Å². The Balaban J connectivity index is 1.54. The van der Waals surface area contributed by atoms with E-state index < -0.39 is 10.0 Å². The third-order valence-corrected chi connectivity index (χ3v) is 5.14. The van der Waals surface area contributed by atoms with Gasteiger partial charge < -0.3 is 4.98 Å². The molecule has 25 heavy (non-hydrogen) atoms. The summed E-state index contributed by atoms with van der Waals surface area (Å²) in [5, 5.41) is 3.06. The number of benzene rings is 2. The van der Waals surface area contributed by atoms with Crippen molar-refractivity contribution in [1.82, 2.24) is 14.7 Å². The number of rotatable bonds is 6. The van der Waals surface area contributed by atoms with E-state index in [4.69, 9.17) is 11.6 Å². The number of imidazole rings is 1. The molecule has 0 unspecified atom stereocenters. The second kappa shape index (κ2) is 7.22. The molecule has 2 aromatic carbocycles. The molecule has 0 aliphatic carbocycles. The normalized spacial score (nSPS) is 11.6. The predicted octanol–water partition coefficient (Wildman–Crippen LogP) is 2.52. The Bertz CT molecular complexity index is 967. The minimum Gasteiger partial charge on any atom is -0.324 e. The molecule has 0 aliphatic rings. The number of halogens is 1. The number of hydrogen-bond donors (Lipinski definition) is 3. The summed E-state index contributed by atoms with van der Waals surface area (Å²) in [5.41, 5.74) is 1.54. The fourth-order valence-corrected chi connectivity index (χ4v) is 3.36. The molecule has 9 heteroatoms. The molecule has 3 rings (SSSR count). The zero-order valence-electron chi connectivity index (χ0n) is 13.0. The maximum Gasteiger partial charge on any atom is 0.240 e. The molecule has 3 aromatic rings. The average molecular weight is 379 g/mol. The molecule has 7 nitrogen and oxygen atoms in total. The number of nitrogens with one attached hydrogen (secondary N) is 3. The SMILES string of the molecule is O=C(CCNS(=O)(=O)c1ccc(Cl)cc1)Nc1nc2ccccc2[nH]1. The summed E-state index contributed by atoms with van der Waals surface area (Å²) in [6.45, 7) is -0.0307. The van der Waals surface area contributed by atoms with Gasteiger partial charge in [-0.3, -0.25) is 10.1 Å². The van der Waals surface area contributed by atoms with Crippen LogP contribution >= 0.6 is 11.6 Å². The lowest BCUT2D eigenvalue weighted by molar-refractivity contribution is -0.116. The van der Waals surface area contributed by atoms with Crippen molar-refractivity contribution >= 4 is 44.5 Å². The van der Waals surface area contributed by atoms with Crippen molar-refractivity contribution in [1.29, 1.82) is 0 Å². The zero-order chi connectivity index (χ0) is 17.9. The second-order valence-corrected chi connectivity index (χ2v) is 7.46. The van der Waals surface area contributed by atoms with Crippen LogP contribution < -0.4 is 10.0 Å². The van der Waals surface area contributed by atoms with Gasteiger partial charge in [0.05, 0.1) is 15.9 Å². The lowest BCUT2D eigenvalue weighted by Gasteiger charge is -2.06. The number of nitrogens with zero attached hydrogens (tertiary/aromatic N) is 1. The largest absolute Gasteiger partial charge is 0.324 e. The van der Waals surface area contributed by atoms with Gasteiger partial charge in [0.25, 0.3) is 0 Å². The number of hydrogen-bond acceptors (Lipinski definition) is 4. The summed E-state index contributed by atoms with van der Waals surface area (Å²) in [4.78, 5) is 19.2. The molecule has 0 aliphatic heterocycles. The Hall–Kier alpha value is -2.42. The third-order valence-electron chi connectivity index (χ3n) is 3.42. The smallest absolute Gasteiger partial charge is 0.240 e. The highest BCUT2D eigenvalue weighted by Gasteiger charge is 2.14. The summed E-state index contributed by atoms with van der Waals surface area (Å²) in [6, 6.07) is 13.2. The van der Waals surface area contributed by atoms with Crippen LogP contribution in [0.5, 0.6) is 0 Å². The van der Waals surface area contributed by atoms with E-state index in [2.05, 4.69) is 20.0 Å². The number of sulfonamides is 1. The molecule has 0 spiro atoms. The molecule has 1 aromatic heterocycles. The van der Waals surface area contributed by atoms with Crippen LogP contribution in [0, 0.1) is 0 Å². The van der Waals surface area contributed by atoms with Crippen LogP contribution in [-0.2, 0) is 14.8 Å². The van der Waals surface area contributed by atoms with E-state index in [1.807, 2.05) is 24.3 Å². The number of carbonyl (C=O) groups excluding carboxylic acids is 1. The number of para-hydroxylation sites is 2. The van der Waals surface area contributed by atoms with E-state index in [-0.39, 0.29) is 23.8 Å². The third kappa shape index (κ3) is 4.36. The van der Waals surface area contributed by atoms with Crippen molar-refractivity contribution in [3.05, 3.63) is 53.6 Å². The Morgan fingerprint density at radius 1 is 1.12 bits per heavy atom. The van der Waals surface area contributed by atoms with Gasteiger partial charge in [0, 0.05) is 18.0 Å². The molecule has 1 amide bonds. The number of carbonyl (C=O) groups is 1. The van der Waals surface area contributed by atoms with Gasteiger partial charge in [-0.25, -0.2) is 18.1 Å². The van der Waals surface area contributed by atoms with Crippen molar-refractivity contribution in [3.63, 3.8) is 0 Å². The number of amides is 1. The topological polar surface area (TPSA) is 104 Å². The van der Waals surface area contributed by atoms with E-state index in [9.17, 15) is 13.2 Å². The van der Waals surface area contributed by atoms with Gasteiger partial charge in [0.2, 0.25) is 21.9 Å². The van der Waals surface area contributed by atoms with E-state index in [0.717, 1.165) is 11.0 Å². The van der Waals surface area contributed by atoms with Crippen molar-refractivity contribution < 1.29 is 13.2 Å². The highest BCUT2D eigenvalue weighted by molar-refractivity contribution is 7.89. The molecule has 130 valence electrons. The molecule has 0 radical (unpaired) electrons. The average Bonchev–Trinajstić information content (AvgIpc) is 2.97. The minimum absolute atomic E-state index is 0.0239. The number of aromatic nitrogens is 2. The van der Waals surface area contributed by atoms with Gasteiger partial charge in [-0.05, 0) is 36.4 Å². The van der Waals surface area contributed by atoms with E-state index in [1.165, 1.54) is 24.3 Å². The zero-order valence-corrected chi connectivity index (χ0v) is 14.6. The van der Waals surface area contributed by atoms with Crippen molar-refractivity contribution in [3.8, 4) is 0 Å². The van der Waals surface area contributed by atoms with Crippen LogP contribution in [0.15, 0.2) is 53.4 Å². The fourth-order valence-electron chi connectivity index (χ4n) is 2.20. The van der Waals surface area contributed by atoms with Gasteiger partial charge in [-0.15, -0.1) is 0 Å². The Morgan fingerprint density at radius 2 is 1.84 bits per heavy atom. The monoisotopic (exact) mass is 378 g/mol. The standard InChI is InChI=1S/C16H15ClN4O3S/c17-11-5-7-12(8-6-11)25(23,24)18-10-9-15(22)21-16-19-13-3-1-2-4-14(13)20-16/h1-8,18H,9-10H2,(H2,19,20,21,22). The molecule has 0 fully saturated rings. The molecule has 3 N–H and O–H groups in total. The quantitative estimate of drug-likeness (QED) is 0.613. The Kier molecular flexibility index (Phi) is 5.03. The molecular formula is C16H15ClN4O3S. The molecule has 0 saturated carbocycles. The lowest BCUT2D eigenvalue weighted by atomic mass is 10.3. The number of H-pyrrole nitrogens is 1. The highest BCUT2D eigenvalue weighted by Crippen LogP contribution is 2.14. The highest BCUT2D eigenvalue weighted by atomic mass is 35.5. The lowest BCUT2D eigenvalue weighted by Crippen LogP contribution is -2.28. The van der Waals surface area contributed by atoms with E-state index in [1.54, 1.807) is 0 Å².